The van der Waals surface area contributed by atoms with Crippen LogP contribution in [-0.2, 0) is 5.11 Å². The van der Waals surface area contributed by atoms with Crippen LogP contribution >= 0.6 is 0 Å². The van der Waals surface area contributed by atoms with Crippen molar-refractivity contribution < 1.29 is 5.11 Å². The zero-order valence-electron chi connectivity index (χ0n) is 6.45. The maximum atomic E-state index is 11.0. The monoisotopic (exact) mass is 158 g/mol. The molecular weight excluding hydrogens is 150 g/mol. The fourth-order valence-electron chi connectivity index (χ4n) is 1.28. The molecule has 0 spiro atoms. The molecule has 0 aliphatic rings. The Morgan fingerprint density at radius 3 is 2.75 bits per heavy atom. The van der Waals surface area contributed by atoms with E-state index in [4.69, 9.17) is 5.73 Å². The van der Waals surface area contributed by atoms with Crippen LogP contribution in [-0.4, -0.2) is 0 Å². The van der Waals surface area contributed by atoms with Crippen molar-refractivity contribution in [3.05, 3.63) is 36.4 Å². The van der Waals surface area contributed by atoms with E-state index in [9.17, 15) is 5.11 Å². The molecule has 2 aromatic rings. The highest BCUT2D eigenvalue weighted by molar-refractivity contribution is 5.93. The van der Waals surface area contributed by atoms with E-state index in [0.717, 1.165) is 10.8 Å². The van der Waals surface area contributed by atoms with Crippen LogP contribution in [0.5, 0.6) is 5.75 Å². The van der Waals surface area contributed by atoms with Gasteiger partial charge in [-0.1, -0.05) is 18.2 Å². The van der Waals surface area contributed by atoms with Crippen molar-refractivity contribution in [1.82, 2.24) is 0 Å². The molecule has 0 bridgehead atoms. The zero-order valence-corrected chi connectivity index (χ0v) is 6.45. The van der Waals surface area contributed by atoms with Gasteiger partial charge in [-0.15, -0.1) is 0 Å². The van der Waals surface area contributed by atoms with Gasteiger partial charge in [0, 0.05) is 11.1 Å². The molecule has 0 amide bonds. The third kappa shape index (κ3) is 0.975. The number of nitrogen functional groups attached to an aromatic ring is 1. The van der Waals surface area contributed by atoms with E-state index >= 15 is 0 Å². The van der Waals surface area contributed by atoms with Crippen molar-refractivity contribution in [3.8, 4) is 5.75 Å². The molecule has 2 nitrogen and oxygen atoms in total. The molecule has 0 fully saturated rings. The van der Waals surface area contributed by atoms with Crippen LogP contribution in [0.25, 0.3) is 10.8 Å². The number of hydrogen-bond donors (Lipinski definition) is 1. The molecule has 2 heteroatoms. The number of rotatable bonds is 0. The standard InChI is InChI=1S/C10H8NO/c11-10-3-1-2-7-4-5-8(12)6-9(7)10/h1-6H,11H2. The van der Waals surface area contributed by atoms with Crippen molar-refractivity contribution in [2.75, 3.05) is 5.73 Å². The largest absolute Gasteiger partial charge is 0.398 e. The molecule has 0 saturated heterocycles. The lowest BCUT2D eigenvalue weighted by Gasteiger charge is -1.99. The Kier molecular flexibility index (Phi) is 1.40. The normalized spacial score (nSPS) is 10.3. The second-order valence-corrected chi connectivity index (χ2v) is 2.73. The predicted molar refractivity (Wildman–Crippen MR) is 48.5 cm³/mol. The molecule has 0 aromatic heterocycles. The van der Waals surface area contributed by atoms with E-state index < -0.39 is 0 Å². The summed E-state index contributed by atoms with van der Waals surface area (Å²) in [5, 5.41) is 12.8. The lowest BCUT2D eigenvalue weighted by Crippen LogP contribution is -1.85. The summed E-state index contributed by atoms with van der Waals surface area (Å²) < 4.78 is 0. The van der Waals surface area contributed by atoms with Gasteiger partial charge < -0.3 is 5.73 Å². The Morgan fingerprint density at radius 1 is 1.08 bits per heavy atom. The van der Waals surface area contributed by atoms with E-state index in [1.165, 1.54) is 0 Å². The maximum Gasteiger partial charge on any atom is 0.179 e. The number of benzene rings is 2. The predicted octanol–water partition coefficient (Wildman–Crippen LogP) is 2.57. The highest BCUT2D eigenvalue weighted by atomic mass is 16.3. The molecule has 0 aliphatic carbocycles. The van der Waals surface area contributed by atoms with Gasteiger partial charge in [0.1, 0.15) is 0 Å². The molecule has 59 valence electrons. The summed E-state index contributed by atoms with van der Waals surface area (Å²) >= 11 is 0. The van der Waals surface area contributed by atoms with Crippen molar-refractivity contribution in [3.63, 3.8) is 0 Å². The molecule has 2 aromatic carbocycles. The van der Waals surface area contributed by atoms with E-state index in [0.29, 0.717) is 5.69 Å². The quantitative estimate of drug-likeness (QED) is 0.588. The van der Waals surface area contributed by atoms with Crippen molar-refractivity contribution in [2.45, 2.75) is 0 Å². The molecule has 0 atom stereocenters. The summed E-state index contributed by atoms with van der Waals surface area (Å²) in [5.74, 6) is 0.000370. The second kappa shape index (κ2) is 2.41. The topological polar surface area (TPSA) is 45.9 Å². The van der Waals surface area contributed by atoms with Crippen LogP contribution in [0, 0.1) is 0 Å². The highest BCUT2D eigenvalue weighted by Gasteiger charge is 1.98. The van der Waals surface area contributed by atoms with Gasteiger partial charge in [0.25, 0.3) is 0 Å². The number of nitrogens with two attached hydrogens (primary N) is 1. The van der Waals surface area contributed by atoms with Gasteiger partial charge in [0.2, 0.25) is 0 Å². The van der Waals surface area contributed by atoms with E-state index in [1.807, 2.05) is 12.1 Å². The van der Waals surface area contributed by atoms with Crippen molar-refractivity contribution in [2.24, 2.45) is 0 Å². The molecule has 0 unspecified atom stereocenters. The van der Waals surface area contributed by atoms with Crippen LogP contribution in [0.2, 0.25) is 0 Å². The summed E-state index contributed by atoms with van der Waals surface area (Å²) in [6.07, 6.45) is 0. The molecule has 0 aliphatic heterocycles. The van der Waals surface area contributed by atoms with Gasteiger partial charge in [-0.25, -0.2) is 0 Å². The Balaban J connectivity index is 2.88. The Labute approximate surface area is 70.2 Å². The first kappa shape index (κ1) is 6.98. The van der Waals surface area contributed by atoms with Crippen LogP contribution in [0.4, 0.5) is 5.69 Å². The van der Waals surface area contributed by atoms with Crippen molar-refractivity contribution in [1.29, 1.82) is 0 Å². The average Bonchev–Trinajstić information content (AvgIpc) is 2.07. The number of hydrogen-bond acceptors (Lipinski definition) is 1. The smallest absolute Gasteiger partial charge is 0.179 e. The summed E-state index contributed by atoms with van der Waals surface area (Å²) in [4.78, 5) is 0. The minimum atomic E-state index is 0.000370. The lowest BCUT2D eigenvalue weighted by molar-refractivity contribution is 0.355. The Morgan fingerprint density at radius 2 is 1.92 bits per heavy atom. The molecular formula is C10H8NO. The van der Waals surface area contributed by atoms with Gasteiger partial charge in [0.05, 0.1) is 0 Å². The lowest BCUT2D eigenvalue weighted by atomic mass is 10.1. The first-order chi connectivity index (χ1) is 5.77. The SMILES string of the molecule is Nc1cccc2ccc([O])cc12. The van der Waals surface area contributed by atoms with Crippen molar-refractivity contribution >= 4 is 16.5 Å². The van der Waals surface area contributed by atoms with Crippen LogP contribution in [0.1, 0.15) is 0 Å². The molecule has 0 saturated carbocycles. The van der Waals surface area contributed by atoms with Crippen LogP contribution in [0.15, 0.2) is 36.4 Å². The van der Waals surface area contributed by atoms with E-state index in [2.05, 4.69) is 0 Å². The van der Waals surface area contributed by atoms with Gasteiger partial charge >= 0.3 is 0 Å². The molecule has 0 heterocycles. The summed E-state index contributed by atoms with van der Waals surface area (Å²) in [5.41, 5.74) is 6.34. The third-order valence-electron chi connectivity index (χ3n) is 1.89. The maximum absolute atomic E-state index is 11.0. The summed E-state index contributed by atoms with van der Waals surface area (Å²) in [6, 6.07) is 10.5. The Bertz CT molecular complexity index is 423. The number of fused-ring (bicyclic) bond motifs is 1. The number of anilines is 1. The van der Waals surface area contributed by atoms with E-state index in [1.54, 1.807) is 24.3 Å². The first-order valence-electron chi connectivity index (χ1n) is 3.72. The van der Waals surface area contributed by atoms with Gasteiger partial charge in [0.15, 0.2) is 5.75 Å². The summed E-state index contributed by atoms with van der Waals surface area (Å²) in [7, 11) is 0. The fourth-order valence-corrected chi connectivity index (χ4v) is 1.28. The Hall–Kier alpha value is -1.70. The highest BCUT2D eigenvalue weighted by Crippen LogP contribution is 2.24. The second-order valence-electron chi connectivity index (χ2n) is 2.73. The van der Waals surface area contributed by atoms with Gasteiger partial charge in [-0.2, -0.15) is 0 Å². The molecule has 2 N–H and O–H groups in total. The van der Waals surface area contributed by atoms with Crippen LogP contribution in [0.3, 0.4) is 0 Å². The van der Waals surface area contributed by atoms with Gasteiger partial charge in [-0.3, -0.25) is 5.11 Å². The molecule has 2 rings (SSSR count). The molecule has 1 radical (unpaired) electrons. The molecule has 12 heavy (non-hydrogen) atoms. The summed E-state index contributed by atoms with van der Waals surface area (Å²) in [6.45, 7) is 0. The third-order valence-corrected chi connectivity index (χ3v) is 1.89. The fraction of sp³-hybridized carbons (Fsp3) is 0. The van der Waals surface area contributed by atoms with Crippen LogP contribution < -0.4 is 5.73 Å². The average molecular weight is 158 g/mol. The van der Waals surface area contributed by atoms with E-state index in [-0.39, 0.29) is 5.75 Å². The first-order valence-corrected chi connectivity index (χ1v) is 3.72. The minimum Gasteiger partial charge on any atom is -0.398 e. The zero-order chi connectivity index (χ0) is 8.55. The minimum absolute atomic E-state index is 0.000370. The van der Waals surface area contributed by atoms with Gasteiger partial charge in [-0.05, 0) is 23.6 Å².